The highest BCUT2D eigenvalue weighted by atomic mass is 32.2. The molecule has 1 aliphatic heterocycles. The summed E-state index contributed by atoms with van der Waals surface area (Å²) in [7, 11) is 0. The Bertz CT molecular complexity index is 628. The average molecular weight is 316 g/mol. The maximum absolute atomic E-state index is 12.3. The first-order chi connectivity index (χ1) is 10.7. The van der Waals surface area contributed by atoms with Crippen molar-refractivity contribution in [2.75, 3.05) is 12.3 Å². The van der Waals surface area contributed by atoms with E-state index in [-0.39, 0.29) is 5.91 Å². The van der Waals surface area contributed by atoms with Crippen molar-refractivity contribution in [2.45, 2.75) is 37.4 Å². The van der Waals surface area contributed by atoms with Gasteiger partial charge in [-0.05, 0) is 26.2 Å². The summed E-state index contributed by atoms with van der Waals surface area (Å²) in [5, 5.41) is 7.73. The van der Waals surface area contributed by atoms with Gasteiger partial charge in [-0.3, -0.25) is 9.89 Å². The van der Waals surface area contributed by atoms with Gasteiger partial charge < -0.3 is 4.90 Å². The molecule has 0 unspecified atom stereocenters. The van der Waals surface area contributed by atoms with Crippen LogP contribution in [0.1, 0.15) is 26.2 Å². The van der Waals surface area contributed by atoms with Crippen molar-refractivity contribution in [3.63, 3.8) is 0 Å². The van der Waals surface area contributed by atoms with E-state index < -0.39 is 0 Å². The molecule has 2 aromatic rings. The fourth-order valence-electron chi connectivity index (χ4n) is 2.71. The molecule has 2 heterocycles. The van der Waals surface area contributed by atoms with Gasteiger partial charge in [0.05, 0.1) is 5.75 Å². The highest BCUT2D eigenvalue weighted by Crippen LogP contribution is 2.21. The molecule has 1 saturated heterocycles. The zero-order chi connectivity index (χ0) is 15.4. The topological polar surface area (TPSA) is 61.9 Å². The molecule has 0 radical (unpaired) electrons. The molecule has 1 atom stereocenters. The van der Waals surface area contributed by atoms with E-state index in [0.717, 1.165) is 30.8 Å². The number of carbonyl (C=O) groups excluding carboxylic acids is 1. The monoisotopic (exact) mass is 316 g/mol. The number of H-pyrrole nitrogens is 1. The van der Waals surface area contributed by atoms with E-state index >= 15 is 0 Å². The summed E-state index contributed by atoms with van der Waals surface area (Å²) < 4.78 is 0. The van der Waals surface area contributed by atoms with Gasteiger partial charge in [-0.2, -0.15) is 0 Å². The molecule has 0 bridgehead atoms. The molecule has 1 N–H and O–H groups in total. The second kappa shape index (κ2) is 6.96. The molecular formula is C16H20N4OS. The normalized spacial score (nSPS) is 18.4. The number of likely N-dealkylation sites (tertiary alicyclic amines) is 1. The summed E-state index contributed by atoms with van der Waals surface area (Å²) in [4.78, 5) is 18.7. The zero-order valence-corrected chi connectivity index (χ0v) is 13.5. The molecule has 0 spiro atoms. The predicted molar refractivity (Wildman–Crippen MR) is 87.6 cm³/mol. The predicted octanol–water partition coefficient (Wildman–Crippen LogP) is 2.96. The van der Waals surface area contributed by atoms with Crippen LogP contribution in [0, 0.1) is 0 Å². The highest BCUT2D eigenvalue weighted by Gasteiger charge is 2.23. The number of piperidine rings is 1. The van der Waals surface area contributed by atoms with Crippen molar-refractivity contribution < 1.29 is 4.79 Å². The third-order valence-corrected chi connectivity index (χ3v) is 4.79. The van der Waals surface area contributed by atoms with Crippen molar-refractivity contribution >= 4 is 17.7 Å². The zero-order valence-electron chi connectivity index (χ0n) is 12.7. The molecule has 1 aromatic carbocycles. The minimum absolute atomic E-state index is 0.184. The van der Waals surface area contributed by atoms with Crippen LogP contribution < -0.4 is 0 Å². The molecule has 1 fully saturated rings. The lowest BCUT2D eigenvalue weighted by Crippen LogP contribution is -2.42. The maximum atomic E-state index is 12.3. The van der Waals surface area contributed by atoms with Crippen LogP contribution in [-0.4, -0.2) is 44.3 Å². The Kier molecular flexibility index (Phi) is 4.77. The quantitative estimate of drug-likeness (QED) is 0.881. The van der Waals surface area contributed by atoms with Gasteiger partial charge in [0.2, 0.25) is 11.1 Å². The molecular weight excluding hydrogens is 296 g/mol. The summed E-state index contributed by atoms with van der Waals surface area (Å²) in [6.45, 7) is 3.01. The summed E-state index contributed by atoms with van der Waals surface area (Å²) >= 11 is 1.40. The van der Waals surface area contributed by atoms with Gasteiger partial charge in [-0.15, -0.1) is 5.10 Å². The van der Waals surface area contributed by atoms with Gasteiger partial charge in [0, 0.05) is 18.2 Å². The number of hydrogen-bond donors (Lipinski definition) is 1. The Hall–Kier alpha value is -1.82. The number of rotatable bonds is 4. The van der Waals surface area contributed by atoms with Crippen molar-refractivity contribution in [2.24, 2.45) is 0 Å². The lowest BCUT2D eigenvalue weighted by atomic mass is 10.0. The smallest absolute Gasteiger partial charge is 0.233 e. The van der Waals surface area contributed by atoms with E-state index in [1.807, 2.05) is 35.2 Å². The van der Waals surface area contributed by atoms with E-state index in [2.05, 4.69) is 22.1 Å². The Morgan fingerprint density at radius 2 is 2.18 bits per heavy atom. The number of nitrogens with one attached hydrogen (secondary N) is 1. The van der Waals surface area contributed by atoms with E-state index in [0.29, 0.717) is 17.0 Å². The number of benzene rings is 1. The average Bonchev–Trinajstić information content (AvgIpc) is 3.03. The van der Waals surface area contributed by atoms with Crippen molar-refractivity contribution in [1.29, 1.82) is 0 Å². The molecule has 1 aliphatic rings. The molecule has 1 aromatic heterocycles. The Labute approximate surface area is 134 Å². The van der Waals surface area contributed by atoms with Gasteiger partial charge >= 0.3 is 0 Å². The first kappa shape index (κ1) is 15.1. The van der Waals surface area contributed by atoms with E-state index in [4.69, 9.17) is 0 Å². The molecule has 116 valence electrons. The number of nitrogens with zero attached hydrogens (tertiary/aromatic N) is 3. The molecule has 0 aliphatic carbocycles. The molecule has 6 heteroatoms. The molecule has 3 rings (SSSR count). The van der Waals surface area contributed by atoms with Crippen LogP contribution in [0.25, 0.3) is 11.4 Å². The number of aromatic nitrogens is 3. The first-order valence-corrected chi connectivity index (χ1v) is 8.62. The second-order valence-corrected chi connectivity index (χ2v) is 6.50. The van der Waals surface area contributed by atoms with Crippen LogP contribution in [-0.2, 0) is 4.79 Å². The molecule has 22 heavy (non-hydrogen) atoms. The third kappa shape index (κ3) is 3.50. The summed E-state index contributed by atoms with van der Waals surface area (Å²) in [6.07, 6.45) is 3.44. The van der Waals surface area contributed by atoms with Crippen molar-refractivity contribution in [3.05, 3.63) is 30.3 Å². The summed E-state index contributed by atoms with van der Waals surface area (Å²) in [5.41, 5.74) is 0.998. The maximum Gasteiger partial charge on any atom is 0.233 e. The third-order valence-electron chi connectivity index (χ3n) is 3.96. The Morgan fingerprint density at radius 3 is 2.95 bits per heavy atom. The summed E-state index contributed by atoms with van der Waals surface area (Å²) in [6, 6.07) is 10.2. The van der Waals surface area contributed by atoms with Gasteiger partial charge in [0.25, 0.3) is 0 Å². The van der Waals surface area contributed by atoms with Crippen LogP contribution in [0.3, 0.4) is 0 Å². The van der Waals surface area contributed by atoms with Gasteiger partial charge in [-0.25, -0.2) is 4.98 Å². The van der Waals surface area contributed by atoms with Crippen LogP contribution >= 0.6 is 11.8 Å². The SMILES string of the molecule is C[C@@H]1CCCCN1C(=O)CSc1n[nH]c(-c2ccccc2)n1. The fraction of sp³-hybridized carbons (Fsp3) is 0.438. The molecule has 1 amide bonds. The minimum Gasteiger partial charge on any atom is -0.339 e. The van der Waals surface area contributed by atoms with Crippen LogP contribution in [0.2, 0.25) is 0 Å². The summed E-state index contributed by atoms with van der Waals surface area (Å²) in [5.74, 6) is 1.32. The van der Waals surface area contributed by atoms with Crippen LogP contribution in [0.5, 0.6) is 0 Å². The van der Waals surface area contributed by atoms with Gasteiger partial charge in [0.1, 0.15) is 0 Å². The van der Waals surface area contributed by atoms with Crippen molar-refractivity contribution in [1.82, 2.24) is 20.1 Å². The van der Waals surface area contributed by atoms with Crippen molar-refractivity contribution in [3.8, 4) is 11.4 Å². The Balaban J connectivity index is 1.58. The van der Waals surface area contributed by atoms with E-state index in [9.17, 15) is 4.79 Å². The number of amides is 1. The Morgan fingerprint density at radius 1 is 1.36 bits per heavy atom. The molecule has 5 nitrogen and oxygen atoms in total. The largest absolute Gasteiger partial charge is 0.339 e. The molecule has 0 saturated carbocycles. The van der Waals surface area contributed by atoms with Crippen LogP contribution in [0.4, 0.5) is 0 Å². The lowest BCUT2D eigenvalue weighted by molar-refractivity contribution is -0.131. The number of thioether (sulfide) groups is 1. The fourth-order valence-corrected chi connectivity index (χ4v) is 3.40. The van der Waals surface area contributed by atoms with Gasteiger partial charge in [0.15, 0.2) is 5.82 Å². The second-order valence-electron chi connectivity index (χ2n) is 5.55. The number of aromatic amines is 1. The van der Waals surface area contributed by atoms with E-state index in [1.54, 1.807) is 0 Å². The highest BCUT2D eigenvalue weighted by molar-refractivity contribution is 7.99. The lowest BCUT2D eigenvalue weighted by Gasteiger charge is -2.33. The first-order valence-electron chi connectivity index (χ1n) is 7.64. The van der Waals surface area contributed by atoms with E-state index in [1.165, 1.54) is 18.2 Å². The number of carbonyl (C=O) groups is 1. The number of hydrogen-bond acceptors (Lipinski definition) is 4. The van der Waals surface area contributed by atoms with Crippen LogP contribution in [0.15, 0.2) is 35.5 Å². The standard InChI is InChI=1S/C16H20N4OS/c1-12-7-5-6-10-20(12)14(21)11-22-16-17-15(18-19-16)13-8-3-2-4-9-13/h2-4,8-9,12H,5-7,10-11H2,1H3,(H,17,18,19)/t12-/m1/s1. The van der Waals surface area contributed by atoms with Gasteiger partial charge in [-0.1, -0.05) is 42.1 Å². The minimum atomic E-state index is 0.184.